The van der Waals surface area contributed by atoms with E-state index in [4.69, 9.17) is 10.2 Å². The van der Waals surface area contributed by atoms with E-state index >= 15 is 0 Å². The number of likely N-dealkylation sites (N-methyl/N-ethyl adjacent to an activating group) is 1. The second kappa shape index (κ2) is 15.2. The molecule has 19 heavy (non-hydrogen) atoms. The van der Waals surface area contributed by atoms with Crippen LogP contribution in [-0.4, -0.2) is 48.0 Å². The molecule has 0 heterocycles. The number of hydrogen-bond acceptors (Lipinski definition) is 3. The van der Waals surface area contributed by atoms with Gasteiger partial charge in [0.15, 0.2) is 0 Å². The van der Waals surface area contributed by atoms with E-state index in [-0.39, 0.29) is 13.2 Å². The van der Waals surface area contributed by atoms with Crippen LogP contribution in [0.1, 0.15) is 31.9 Å². The normalized spacial score (nSPS) is 9.26. The summed E-state index contributed by atoms with van der Waals surface area (Å²) >= 11 is 0. The van der Waals surface area contributed by atoms with Gasteiger partial charge in [0, 0.05) is 13.1 Å². The molecule has 3 heteroatoms. The molecule has 1 aromatic carbocycles. The van der Waals surface area contributed by atoms with Gasteiger partial charge < -0.3 is 10.2 Å². The lowest BCUT2D eigenvalue weighted by atomic mass is 10.2. The van der Waals surface area contributed by atoms with Crippen LogP contribution in [0.4, 0.5) is 0 Å². The lowest BCUT2D eigenvalue weighted by molar-refractivity contribution is 0.166. The number of hydrogen-bond donors (Lipinski definition) is 2. The van der Waals surface area contributed by atoms with Gasteiger partial charge in [-0.3, -0.25) is 4.90 Å². The van der Waals surface area contributed by atoms with Gasteiger partial charge in [-0.1, -0.05) is 56.2 Å². The van der Waals surface area contributed by atoms with Crippen LogP contribution in [0.5, 0.6) is 0 Å². The minimum absolute atomic E-state index is 0.174. The highest BCUT2D eigenvalue weighted by molar-refractivity contribution is 5.20. The van der Waals surface area contributed by atoms with Gasteiger partial charge in [-0.25, -0.2) is 0 Å². The third-order valence-corrected chi connectivity index (χ3v) is 2.45. The van der Waals surface area contributed by atoms with E-state index < -0.39 is 0 Å². The second-order valence-corrected chi connectivity index (χ2v) is 4.04. The third-order valence-electron chi connectivity index (χ3n) is 2.45. The van der Waals surface area contributed by atoms with E-state index in [9.17, 15) is 0 Å². The molecule has 3 nitrogen and oxygen atoms in total. The van der Waals surface area contributed by atoms with Crippen LogP contribution in [-0.2, 0) is 0 Å². The fourth-order valence-corrected chi connectivity index (χ4v) is 1.52. The maximum Gasteiger partial charge on any atom is 0.0558 e. The molecule has 0 atom stereocenters. The van der Waals surface area contributed by atoms with Crippen molar-refractivity contribution in [3.05, 3.63) is 35.4 Å². The Balaban J connectivity index is 0. The van der Waals surface area contributed by atoms with Crippen molar-refractivity contribution in [2.75, 3.05) is 32.8 Å². The smallest absolute Gasteiger partial charge is 0.0558 e. The molecule has 0 spiro atoms. The second-order valence-electron chi connectivity index (χ2n) is 4.04. The standard InChI is InChI=1S/C8H10.C6H15NO2.C2H6/c1-7-4-3-5-8(2)6-7;1-2-7(3-5-8)4-6-9;1-2/h3-6H,1-2H3;8-9H,2-6H2,1H3;1-2H3. The minimum Gasteiger partial charge on any atom is -0.395 e. The third kappa shape index (κ3) is 13.3. The van der Waals surface area contributed by atoms with Crippen LogP contribution < -0.4 is 0 Å². The lowest BCUT2D eigenvalue weighted by Crippen LogP contribution is -2.29. The Bertz CT molecular complexity index is 267. The Morgan fingerprint density at radius 2 is 1.37 bits per heavy atom. The SMILES string of the molecule is CC.CCN(CCO)CCO.Cc1cccc(C)c1. The molecule has 0 unspecified atom stereocenters. The summed E-state index contributed by atoms with van der Waals surface area (Å²) in [6.45, 7) is 12.8. The van der Waals surface area contributed by atoms with E-state index in [1.807, 2.05) is 25.7 Å². The van der Waals surface area contributed by atoms with Gasteiger partial charge in [-0.2, -0.15) is 0 Å². The summed E-state index contributed by atoms with van der Waals surface area (Å²) in [4.78, 5) is 1.99. The van der Waals surface area contributed by atoms with Crippen molar-refractivity contribution in [3.8, 4) is 0 Å². The number of benzene rings is 1. The molecule has 0 aliphatic heterocycles. The van der Waals surface area contributed by atoms with Gasteiger partial charge in [0.1, 0.15) is 0 Å². The van der Waals surface area contributed by atoms with Crippen LogP contribution in [0.2, 0.25) is 0 Å². The molecular formula is C16H31NO2. The molecule has 0 radical (unpaired) electrons. The highest BCUT2D eigenvalue weighted by atomic mass is 16.3. The minimum atomic E-state index is 0.174. The molecule has 0 aromatic heterocycles. The highest BCUT2D eigenvalue weighted by Crippen LogP contribution is 2.00. The molecule has 1 rings (SSSR count). The Labute approximate surface area is 118 Å². The molecule has 0 fully saturated rings. The molecule has 0 saturated carbocycles. The first kappa shape index (κ1) is 20.4. The van der Waals surface area contributed by atoms with Gasteiger partial charge in [0.25, 0.3) is 0 Å². The number of aliphatic hydroxyl groups excluding tert-OH is 2. The van der Waals surface area contributed by atoms with Gasteiger partial charge in [0.2, 0.25) is 0 Å². The van der Waals surface area contributed by atoms with Gasteiger partial charge in [-0.15, -0.1) is 0 Å². The monoisotopic (exact) mass is 269 g/mol. The summed E-state index contributed by atoms with van der Waals surface area (Å²) in [6, 6.07) is 8.45. The van der Waals surface area contributed by atoms with E-state index in [2.05, 4.69) is 38.1 Å². The van der Waals surface area contributed by atoms with E-state index in [0.29, 0.717) is 13.1 Å². The van der Waals surface area contributed by atoms with Crippen molar-refractivity contribution in [2.45, 2.75) is 34.6 Å². The zero-order chi connectivity index (χ0) is 15.1. The Hall–Kier alpha value is -0.900. The van der Waals surface area contributed by atoms with Gasteiger partial charge in [-0.05, 0) is 20.4 Å². The van der Waals surface area contributed by atoms with Crippen LogP contribution in [0.3, 0.4) is 0 Å². The number of nitrogens with zero attached hydrogens (tertiary/aromatic N) is 1. The molecule has 0 amide bonds. The summed E-state index contributed by atoms with van der Waals surface area (Å²) in [5, 5.41) is 16.9. The largest absolute Gasteiger partial charge is 0.395 e. The number of aliphatic hydroxyl groups is 2. The average Bonchev–Trinajstić information content (AvgIpc) is 2.41. The lowest BCUT2D eigenvalue weighted by Gasteiger charge is -2.16. The first-order chi connectivity index (χ1) is 9.13. The van der Waals surface area contributed by atoms with Crippen molar-refractivity contribution in [1.82, 2.24) is 4.90 Å². The summed E-state index contributed by atoms with van der Waals surface area (Å²) in [6.07, 6.45) is 0. The van der Waals surface area contributed by atoms with E-state index in [1.165, 1.54) is 11.1 Å². The fourth-order valence-electron chi connectivity index (χ4n) is 1.52. The topological polar surface area (TPSA) is 43.7 Å². The molecular weight excluding hydrogens is 238 g/mol. The Morgan fingerprint density at radius 3 is 1.58 bits per heavy atom. The van der Waals surface area contributed by atoms with Crippen molar-refractivity contribution in [3.63, 3.8) is 0 Å². The van der Waals surface area contributed by atoms with Crippen LogP contribution in [0, 0.1) is 13.8 Å². The van der Waals surface area contributed by atoms with Crippen LogP contribution >= 0.6 is 0 Å². The quantitative estimate of drug-likeness (QED) is 0.863. The molecule has 1 aromatic rings. The molecule has 0 bridgehead atoms. The summed E-state index contributed by atoms with van der Waals surface area (Å²) < 4.78 is 0. The number of rotatable bonds is 5. The van der Waals surface area contributed by atoms with Gasteiger partial charge >= 0.3 is 0 Å². The predicted octanol–water partition coefficient (Wildman–Crippen LogP) is 2.62. The molecule has 0 saturated heterocycles. The van der Waals surface area contributed by atoms with Crippen molar-refractivity contribution >= 4 is 0 Å². The van der Waals surface area contributed by atoms with E-state index in [1.54, 1.807) is 0 Å². The molecule has 2 N–H and O–H groups in total. The Kier molecular flexibility index (Phi) is 16.3. The van der Waals surface area contributed by atoms with Crippen molar-refractivity contribution < 1.29 is 10.2 Å². The molecule has 112 valence electrons. The Morgan fingerprint density at radius 1 is 0.947 bits per heavy atom. The first-order valence-electron chi connectivity index (χ1n) is 7.11. The predicted molar refractivity (Wildman–Crippen MR) is 83.5 cm³/mol. The summed E-state index contributed by atoms with van der Waals surface area (Å²) in [5.41, 5.74) is 2.68. The highest BCUT2D eigenvalue weighted by Gasteiger charge is 1.97. The summed E-state index contributed by atoms with van der Waals surface area (Å²) in [5.74, 6) is 0. The molecule has 0 aliphatic rings. The maximum absolute atomic E-state index is 8.47. The molecule has 0 aliphatic carbocycles. The zero-order valence-corrected chi connectivity index (χ0v) is 13.2. The van der Waals surface area contributed by atoms with Crippen LogP contribution in [0.25, 0.3) is 0 Å². The van der Waals surface area contributed by atoms with Gasteiger partial charge in [0.05, 0.1) is 13.2 Å². The summed E-state index contributed by atoms with van der Waals surface area (Å²) in [7, 11) is 0. The average molecular weight is 269 g/mol. The van der Waals surface area contributed by atoms with Crippen LogP contribution in [0.15, 0.2) is 24.3 Å². The zero-order valence-electron chi connectivity index (χ0n) is 13.2. The van der Waals surface area contributed by atoms with Crippen molar-refractivity contribution in [1.29, 1.82) is 0 Å². The first-order valence-corrected chi connectivity index (χ1v) is 7.11. The fraction of sp³-hybridized carbons (Fsp3) is 0.625. The number of aryl methyl sites for hydroxylation is 2. The van der Waals surface area contributed by atoms with E-state index in [0.717, 1.165) is 6.54 Å². The van der Waals surface area contributed by atoms with Crippen molar-refractivity contribution in [2.24, 2.45) is 0 Å². The maximum atomic E-state index is 8.47.